The third-order valence-electron chi connectivity index (χ3n) is 4.32. The van der Waals surface area contributed by atoms with Gasteiger partial charge in [0.2, 0.25) is 11.8 Å². The van der Waals surface area contributed by atoms with E-state index in [0.717, 1.165) is 6.42 Å². The first-order chi connectivity index (χ1) is 13.1. The van der Waals surface area contributed by atoms with Gasteiger partial charge in [-0.25, -0.2) is 0 Å². The maximum absolute atomic E-state index is 12.3. The van der Waals surface area contributed by atoms with Crippen LogP contribution in [0.3, 0.4) is 0 Å². The van der Waals surface area contributed by atoms with E-state index >= 15 is 0 Å². The highest BCUT2D eigenvalue weighted by molar-refractivity contribution is 6.30. The molecule has 1 fully saturated rings. The van der Waals surface area contributed by atoms with Gasteiger partial charge in [-0.1, -0.05) is 17.7 Å². The SMILES string of the molecule is COCCCNC(=O)CN1CCN(C(=O)CCOc2cccc(Cl)c2)CC1. The third-order valence-corrected chi connectivity index (χ3v) is 4.56. The molecule has 0 aromatic heterocycles. The van der Waals surface area contributed by atoms with Crippen molar-refractivity contribution in [2.45, 2.75) is 12.8 Å². The molecule has 0 aliphatic carbocycles. The summed E-state index contributed by atoms with van der Waals surface area (Å²) in [6.07, 6.45) is 1.13. The second kappa shape index (κ2) is 11.8. The number of hydrogen-bond donors (Lipinski definition) is 1. The molecule has 1 aliphatic rings. The highest BCUT2D eigenvalue weighted by atomic mass is 35.5. The van der Waals surface area contributed by atoms with Crippen LogP contribution in [0.5, 0.6) is 5.75 Å². The first-order valence-electron chi connectivity index (χ1n) is 9.22. The Labute approximate surface area is 165 Å². The standard InChI is InChI=1S/C19H28ClN3O4/c1-26-12-3-7-21-18(24)15-22-8-10-23(11-9-22)19(25)6-13-27-17-5-2-4-16(20)14-17/h2,4-5,14H,3,6-13,15H2,1H3,(H,21,24). The number of benzene rings is 1. The van der Waals surface area contributed by atoms with Crippen LogP contribution in [0.15, 0.2) is 24.3 Å². The topological polar surface area (TPSA) is 71.1 Å². The van der Waals surface area contributed by atoms with Crippen LogP contribution in [0.4, 0.5) is 0 Å². The van der Waals surface area contributed by atoms with Crippen molar-refractivity contribution < 1.29 is 19.1 Å². The molecule has 1 aromatic carbocycles. The number of piperazine rings is 1. The van der Waals surface area contributed by atoms with Crippen LogP contribution >= 0.6 is 11.6 Å². The average Bonchev–Trinajstić information content (AvgIpc) is 2.66. The molecule has 0 saturated carbocycles. The summed E-state index contributed by atoms with van der Waals surface area (Å²) in [6, 6.07) is 7.13. The Bertz CT molecular complexity index is 606. The lowest BCUT2D eigenvalue weighted by Gasteiger charge is -2.34. The normalized spacial score (nSPS) is 14.8. The zero-order valence-corrected chi connectivity index (χ0v) is 16.5. The first kappa shape index (κ1) is 21.5. The number of amides is 2. The average molecular weight is 398 g/mol. The van der Waals surface area contributed by atoms with Gasteiger partial charge in [-0.15, -0.1) is 0 Å². The van der Waals surface area contributed by atoms with E-state index in [1.54, 1.807) is 19.2 Å². The number of hydrogen-bond acceptors (Lipinski definition) is 5. The Balaban J connectivity index is 1.60. The van der Waals surface area contributed by atoms with Crippen molar-refractivity contribution in [1.29, 1.82) is 0 Å². The van der Waals surface area contributed by atoms with E-state index in [0.29, 0.717) is 69.7 Å². The molecule has 1 saturated heterocycles. The predicted octanol–water partition coefficient (Wildman–Crippen LogP) is 1.41. The number of carbonyl (C=O) groups is 2. The second-order valence-corrected chi connectivity index (χ2v) is 6.85. The zero-order chi connectivity index (χ0) is 19.5. The van der Waals surface area contributed by atoms with Gasteiger partial charge < -0.3 is 19.7 Å². The van der Waals surface area contributed by atoms with Crippen LogP contribution in [0.1, 0.15) is 12.8 Å². The Hall–Kier alpha value is -1.83. The smallest absolute Gasteiger partial charge is 0.234 e. The number of methoxy groups -OCH3 is 1. The van der Waals surface area contributed by atoms with Gasteiger partial charge in [-0.05, 0) is 24.6 Å². The molecule has 0 bridgehead atoms. The summed E-state index contributed by atoms with van der Waals surface area (Å²) in [4.78, 5) is 28.1. The number of nitrogens with zero attached hydrogens (tertiary/aromatic N) is 2. The van der Waals surface area contributed by atoms with Gasteiger partial charge in [-0.2, -0.15) is 0 Å². The van der Waals surface area contributed by atoms with E-state index < -0.39 is 0 Å². The molecule has 0 radical (unpaired) electrons. The Morgan fingerprint density at radius 1 is 1.19 bits per heavy atom. The lowest BCUT2D eigenvalue weighted by molar-refractivity contribution is -0.133. The summed E-state index contributed by atoms with van der Waals surface area (Å²) < 4.78 is 10.5. The molecule has 8 heteroatoms. The predicted molar refractivity (Wildman–Crippen MR) is 104 cm³/mol. The van der Waals surface area contributed by atoms with Gasteiger partial charge in [0.1, 0.15) is 5.75 Å². The third kappa shape index (κ3) is 8.15. The molecule has 0 atom stereocenters. The molecule has 1 aromatic rings. The van der Waals surface area contributed by atoms with Crippen LogP contribution in [-0.2, 0) is 14.3 Å². The van der Waals surface area contributed by atoms with Crippen LogP contribution in [0.25, 0.3) is 0 Å². The zero-order valence-electron chi connectivity index (χ0n) is 15.8. The highest BCUT2D eigenvalue weighted by Crippen LogP contribution is 2.17. The number of ether oxygens (including phenoxy) is 2. The highest BCUT2D eigenvalue weighted by Gasteiger charge is 2.22. The largest absolute Gasteiger partial charge is 0.493 e. The maximum atomic E-state index is 12.3. The van der Waals surface area contributed by atoms with E-state index in [2.05, 4.69) is 10.2 Å². The van der Waals surface area contributed by atoms with Crippen molar-refractivity contribution in [3.63, 3.8) is 0 Å². The van der Waals surface area contributed by atoms with Crippen molar-refractivity contribution in [3.8, 4) is 5.75 Å². The van der Waals surface area contributed by atoms with Gasteiger partial charge in [0, 0.05) is 51.5 Å². The number of halogens is 1. The summed E-state index contributed by atoms with van der Waals surface area (Å²) in [5.41, 5.74) is 0. The first-order valence-corrected chi connectivity index (χ1v) is 9.60. The summed E-state index contributed by atoms with van der Waals surface area (Å²) in [6.45, 7) is 4.62. The van der Waals surface area contributed by atoms with Gasteiger partial charge in [-0.3, -0.25) is 14.5 Å². The molecule has 2 rings (SSSR count). The molecule has 27 heavy (non-hydrogen) atoms. The molecular formula is C19H28ClN3O4. The van der Waals surface area contributed by atoms with E-state index in [4.69, 9.17) is 21.1 Å². The molecule has 0 spiro atoms. The fourth-order valence-electron chi connectivity index (χ4n) is 2.83. The van der Waals surface area contributed by atoms with Crippen LogP contribution in [0, 0.1) is 0 Å². The molecule has 1 heterocycles. The van der Waals surface area contributed by atoms with Gasteiger partial charge in [0.15, 0.2) is 0 Å². The molecule has 150 valence electrons. The summed E-state index contributed by atoms with van der Waals surface area (Å²) in [5, 5.41) is 3.49. The van der Waals surface area contributed by atoms with Crippen molar-refractivity contribution >= 4 is 23.4 Å². The number of carbonyl (C=O) groups excluding carboxylic acids is 2. The quantitative estimate of drug-likeness (QED) is 0.604. The van der Waals surface area contributed by atoms with Gasteiger partial charge >= 0.3 is 0 Å². The Morgan fingerprint density at radius 3 is 2.67 bits per heavy atom. The fourth-order valence-corrected chi connectivity index (χ4v) is 3.01. The Morgan fingerprint density at radius 2 is 1.96 bits per heavy atom. The van der Waals surface area contributed by atoms with E-state index in [1.165, 1.54) is 0 Å². The monoisotopic (exact) mass is 397 g/mol. The van der Waals surface area contributed by atoms with E-state index in [-0.39, 0.29) is 11.8 Å². The second-order valence-electron chi connectivity index (χ2n) is 6.41. The van der Waals surface area contributed by atoms with Gasteiger partial charge in [0.05, 0.1) is 19.6 Å². The molecule has 7 nitrogen and oxygen atoms in total. The number of rotatable bonds is 10. The minimum atomic E-state index is 0.0146. The molecule has 1 aliphatic heterocycles. The molecular weight excluding hydrogens is 370 g/mol. The molecule has 0 unspecified atom stereocenters. The van der Waals surface area contributed by atoms with Gasteiger partial charge in [0.25, 0.3) is 0 Å². The van der Waals surface area contributed by atoms with Crippen LogP contribution < -0.4 is 10.1 Å². The van der Waals surface area contributed by atoms with Crippen molar-refractivity contribution in [2.24, 2.45) is 0 Å². The van der Waals surface area contributed by atoms with E-state index in [1.807, 2.05) is 17.0 Å². The van der Waals surface area contributed by atoms with Crippen molar-refractivity contribution in [3.05, 3.63) is 29.3 Å². The minimum absolute atomic E-state index is 0.0146. The summed E-state index contributed by atoms with van der Waals surface area (Å²) >= 11 is 5.91. The van der Waals surface area contributed by atoms with Crippen LogP contribution in [0.2, 0.25) is 5.02 Å². The summed E-state index contributed by atoms with van der Waals surface area (Å²) in [5.74, 6) is 0.748. The summed E-state index contributed by atoms with van der Waals surface area (Å²) in [7, 11) is 1.64. The lowest BCUT2D eigenvalue weighted by Crippen LogP contribution is -2.51. The van der Waals surface area contributed by atoms with Crippen LogP contribution in [-0.4, -0.2) is 81.2 Å². The lowest BCUT2D eigenvalue weighted by atomic mass is 10.2. The molecule has 2 amide bonds. The Kier molecular flexibility index (Phi) is 9.38. The fraction of sp³-hybridized carbons (Fsp3) is 0.579. The number of nitrogens with one attached hydrogen (secondary N) is 1. The van der Waals surface area contributed by atoms with E-state index in [9.17, 15) is 9.59 Å². The van der Waals surface area contributed by atoms with Crippen molar-refractivity contribution in [2.75, 3.05) is 59.6 Å². The minimum Gasteiger partial charge on any atom is -0.493 e. The van der Waals surface area contributed by atoms with Crippen molar-refractivity contribution in [1.82, 2.24) is 15.1 Å². The maximum Gasteiger partial charge on any atom is 0.234 e. The molecule has 1 N–H and O–H groups in total.